The summed E-state index contributed by atoms with van der Waals surface area (Å²) >= 11 is 8.63. The Morgan fingerprint density at radius 3 is 2.83 bits per heavy atom. The van der Waals surface area contributed by atoms with Crippen molar-refractivity contribution in [2.45, 2.75) is 19.0 Å². The summed E-state index contributed by atoms with van der Waals surface area (Å²) in [6.07, 6.45) is 0. The van der Waals surface area contributed by atoms with Gasteiger partial charge in [-0.05, 0) is 60.7 Å². The fourth-order valence-corrected chi connectivity index (χ4v) is 4.77. The van der Waals surface area contributed by atoms with Crippen LogP contribution in [0.2, 0.25) is 5.02 Å². The van der Waals surface area contributed by atoms with Crippen molar-refractivity contribution in [1.82, 2.24) is 9.55 Å². The second-order valence-corrected chi connectivity index (χ2v) is 9.10. The highest BCUT2D eigenvalue weighted by molar-refractivity contribution is 7.99. The van der Waals surface area contributed by atoms with Gasteiger partial charge >= 0.3 is 0 Å². The molecular weight excluding hydrogens is 438 g/mol. The number of thiophene rings is 1. The van der Waals surface area contributed by atoms with Crippen molar-refractivity contribution in [1.29, 1.82) is 0 Å². The lowest BCUT2D eigenvalue weighted by atomic mass is 10.2. The third-order valence-corrected chi connectivity index (χ3v) is 6.58. The van der Waals surface area contributed by atoms with E-state index < -0.39 is 0 Å². The van der Waals surface area contributed by atoms with Gasteiger partial charge in [0.25, 0.3) is 5.56 Å². The lowest BCUT2D eigenvalue weighted by Crippen LogP contribution is -2.22. The maximum absolute atomic E-state index is 13.1. The van der Waals surface area contributed by atoms with Crippen LogP contribution in [-0.2, 0) is 4.79 Å². The Balaban J connectivity index is 1.65. The Bertz CT molecular complexity index is 1310. The van der Waals surface area contributed by atoms with Crippen LogP contribution in [0.25, 0.3) is 15.9 Å². The summed E-state index contributed by atoms with van der Waals surface area (Å²) in [5.74, 6) is -0.0827. The second kappa shape index (κ2) is 8.63. The number of hydrogen-bond donors (Lipinski definition) is 1. The number of thioether (sulfide) groups is 1. The Morgan fingerprint density at radius 2 is 2.03 bits per heavy atom. The van der Waals surface area contributed by atoms with E-state index in [2.05, 4.69) is 10.3 Å². The maximum atomic E-state index is 13.1. The molecule has 0 unspecified atom stereocenters. The number of anilines is 1. The number of fused-ring (bicyclic) bond motifs is 1. The van der Waals surface area contributed by atoms with Crippen LogP contribution < -0.4 is 10.9 Å². The highest BCUT2D eigenvalue weighted by Crippen LogP contribution is 2.25. The zero-order valence-electron chi connectivity index (χ0n) is 16.3. The SMILES string of the molecule is Cc1cccc(-n2c(SCC(=O)Nc3cc(Cl)ccc3C)nc3ccsc3c2=O)c1. The average Bonchev–Trinajstić information content (AvgIpc) is 3.18. The fourth-order valence-electron chi connectivity index (χ4n) is 3.03. The van der Waals surface area contributed by atoms with Crippen molar-refractivity contribution >= 4 is 56.5 Å². The molecule has 0 saturated heterocycles. The van der Waals surface area contributed by atoms with Crippen LogP contribution in [-0.4, -0.2) is 21.2 Å². The van der Waals surface area contributed by atoms with Gasteiger partial charge in [-0.15, -0.1) is 11.3 Å². The van der Waals surface area contributed by atoms with Gasteiger partial charge in [0.1, 0.15) is 4.70 Å². The fraction of sp³-hybridized carbons (Fsp3) is 0.136. The first-order valence-electron chi connectivity index (χ1n) is 9.18. The van der Waals surface area contributed by atoms with E-state index in [9.17, 15) is 9.59 Å². The monoisotopic (exact) mass is 455 g/mol. The molecule has 8 heteroatoms. The minimum absolute atomic E-state index is 0.111. The van der Waals surface area contributed by atoms with E-state index in [0.29, 0.717) is 26.1 Å². The predicted molar refractivity (Wildman–Crippen MR) is 125 cm³/mol. The largest absolute Gasteiger partial charge is 0.325 e. The van der Waals surface area contributed by atoms with E-state index in [4.69, 9.17) is 11.6 Å². The topological polar surface area (TPSA) is 64.0 Å². The summed E-state index contributed by atoms with van der Waals surface area (Å²) in [5, 5.41) is 5.77. The van der Waals surface area contributed by atoms with Crippen molar-refractivity contribution in [3.8, 4) is 5.69 Å². The molecule has 2 aromatic heterocycles. The van der Waals surface area contributed by atoms with Gasteiger partial charge in [0.05, 0.1) is 17.0 Å². The molecule has 0 radical (unpaired) electrons. The lowest BCUT2D eigenvalue weighted by Gasteiger charge is -2.13. The number of benzene rings is 2. The molecule has 0 saturated carbocycles. The Labute approximate surface area is 186 Å². The van der Waals surface area contributed by atoms with Crippen molar-refractivity contribution in [3.63, 3.8) is 0 Å². The van der Waals surface area contributed by atoms with Crippen LogP contribution in [0.4, 0.5) is 5.69 Å². The maximum Gasteiger partial charge on any atom is 0.276 e. The number of amides is 1. The summed E-state index contributed by atoms with van der Waals surface area (Å²) < 4.78 is 2.17. The highest BCUT2D eigenvalue weighted by Gasteiger charge is 2.16. The number of aryl methyl sites for hydroxylation is 2. The van der Waals surface area contributed by atoms with E-state index >= 15 is 0 Å². The van der Waals surface area contributed by atoms with Gasteiger partial charge in [-0.25, -0.2) is 4.98 Å². The molecule has 0 aliphatic heterocycles. The van der Waals surface area contributed by atoms with Crippen molar-refractivity contribution in [2.75, 3.05) is 11.1 Å². The van der Waals surface area contributed by atoms with Crippen LogP contribution in [0.1, 0.15) is 11.1 Å². The first kappa shape index (κ1) is 20.7. The lowest BCUT2D eigenvalue weighted by molar-refractivity contribution is -0.113. The Kier molecular flexibility index (Phi) is 5.94. The van der Waals surface area contributed by atoms with Gasteiger partial charge in [-0.3, -0.25) is 14.2 Å². The predicted octanol–water partition coefficient (Wildman–Crippen LogP) is 5.45. The first-order chi connectivity index (χ1) is 14.4. The molecule has 30 heavy (non-hydrogen) atoms. The second-order valence-electron chi connectivity index (χ2n) is 6.81. The molecule has 0 fully saturated rings. The molecular formula is C22H18ClN3O2S2. The standard InChI is InChI=1S/C22H18ClN3O2S2/c1-13-4-3-5-16(10-13)26-21(28)20-17(8-9-29-20)25-22(26)30-12-19(27)24-18-11-15(23)7-6-14(18)2/h3-11H,12H2,1-2H3,(H,24,27). The third kappa shape index (κ3) is 4.28. The van der Waals surface area contributed by atoms with Crippen LogP contribution in [0.5, 0.6) is 0 Å². The summed E-state index contributed by atoms with van der Waals surface area (Å²) in [5.41, 5.74) is 3.88. The quantitative estimate of drug-likeness (QED) is 0.321. The number of halogens is 1. The normalized spacial score (nSPS) is 11.0. The molecule has 4 rings (SSSR count). The molecule has 0 spiro atoms. The third-order valence-electron chi connectivity index (χ3n) is 4.52. The summed E-state index contributed by atoms with van der Waals surface area (Å²) in [4.78, 5) is 30.4. The molecule has 1 N–H and O–H groups in total. The molecule has 2 heterocycles. The van der Waals surface area contributed by atoms with Crippen LogP contribution >= 0.6 is 34.7 Å². The Morgan fingerprint density at radius 1 is 1.20 bits per heavy atom. The zero-order valence-corrected chi connectivity index (χ0v) is 18.7. The van der Waals surface area contributed by atoms with E-state index in [-0.39, 0.29) is 17.2 Å². The van der Waals surface area contributed by atoms with Crippen LogP contribution in [0, 0.1) is 13.8 Å². The highest BCUT2D eigenvalue weighted by atomic mass is 35.5. The first-order valence-corrected chi connectivity index (χ1v) is 11.4. The number of aromatic nitrogens is 2. The van der Waals surface area contributed by atoms with E-state index in [1.807, 2.05) is 55.6 Å². The summed E-state index contributed by atoms with van der Waals surface area (Å²) in [6, 6.07) is 14.8. The number of carbonyl (C=O) groups excluding carboxylic acids is 1. The van der Waals surface area contributed by atoms with E-state index in [1.54, 1.807) is 16.7 Å². The van der Waals surface area contributed by atoms with Gasteiger partial charge < -0.3 is 5.32 Å². The number of nitrogens with one attached hydrogen (secondary N) is 1. The molecule has 2 aromatic carbocycles. The smallest absolute Gasteiger partial charge is 0.276 e. The molecule has 5 nitrogen and oxygen atoms in total. The van der Waals surface area contributed by atoms with Crippen LogP contribution in [0.3, 0.4) is 0 Å². The van der Waals surface area contributed by atoms with E-state index in [1.165, 1.54) is 23.1 Å². The average molecular weight is 456 g/mol. The van der Waals surface area contributed by atoms with Crippen LogP contribution in [0.15, 0.2) is 63.9 Å². The number of hydrogen-bond acceptors (Lipinski definition) is 5. The molecule has 152 valence electrons. The number of nitrogens with zero attached hydrogens (tertiary/aromatic N) is 2. The van der Waals surface area contributed by atoms with Crippen molar-refractivity contribution in [3.05, 3.63) is 80.4 Å². The van der Waals surface area contributed by atoms with Gasteiger partial charge in [-0.2, -0.15) is 0 Å². The summed E-state index contributed by atoms with van der Waals surface area (Å²) in [7, 11) is 0. The van der Waals surface area contributed by atoms with Gasteiger partial charge in [0.2, 0.25) is 5.91 Å². The van der Waals surface area contributed by atoms with Gasteiger partial charge in [-0.1, -0.05) is 41.6 Å². The zero-order chi connectivity index (χ0) is 21.3. The van der Waals surface area contributed by atoms with Crippen molar-refractivity contribution < 1.29 is 4.79 Å². The molecule has 1 amide bonds. The number of carbonyl (C=O) groups is 1. The molecule has 0 atom stereocenters. The minimum Gasteiger partial charge on any atom is -0.325 e. The Hall–Kier alpha value is -2.61. The molecule has 4 aromatic rings. The van der Waals surface area contributed by atoms with Crippen molar-refractivity contribution in [2.24, 2.45) is 0 Å². The molecule has 0 aliphatic rings. The van der Waals surface area contributed by atoms with E-state index in [0.717, 1.165) is 16.8 Å². The van der Waals surface area contributed by atoms with Gasteiger partial charge in [0, 0.05) is 10.7 Å². The number of rotatable bonds is 5. The molecule has 0 bridgehead atoms. The minimum atomic E-state index is -0.194. The summed E-state index contributed by atoms with van der Waals surface area (Å²) in [6.45, 7) is 3.87. The molecule has 0 aliphatic carbocycles. The van der Waals surface area contributed by atoms with Gasteiger partial charge in [0.15, 0.2) is 5.16 Å².